The minimum atomic E-state index is -6.11. The number of nitrogens with zero attached hydrogens (tertiary/aromatic N) is 9. The van der Waals surface area contributed by atoms with Crippen LogP contribution in [0.3, 0.4) is 0 Å². The van der Waals surface area contributed by atoms with Gasteiger partial charge in [0.05, 0.1) is 65.1 Å². The zero-order chi connectivity index (χ0) is 81.3. The van der Waals surface area contributed by atoms with Crippen LogP contribution in [0.1, 0.15) is 99.9 Å². The summed E-state index contributed by atoms with van der Waals surface area (Å²) in [5.41, 5.74) is 2.30. The van der Waals surface area contributed by atoms with Gasteiger partial charge < -0.3 is 40.5 Å². The fourth-order valence-electron chi connectivity index (χ4n) is 16.0. The van der Waals surface area contributed by atoms with Gasteiger partial charge in [0.15, 0.2) is 0 Å². The van der Waals surface area contributed by atoms with Crippen molar-refractivity contribution in [3.8, 4) is 10.4 Å². The van der Waals surface area contributed by atoms with E-state index in [2.05, 4.69) is 64.5 Å². The molecule has 5 fully saturated rings. The van der Waals surface area contributed by atoms with Gasteiger partial charge in [-0.1, -0.05) is 99.5 Å². The molecule has 0 saturated carbocycles. The van der Waals surface area contributed by atoms with Gasteiger partial charge in [-0.05, 0) is 139 Å². The van der Waals surface area contributed by atoms with Crippen molar-refractivity contribution in [1.82, 2.24) is 54.6 Å². The first kappa shape index (κ1) is 85.8. The first-order valence-electron chi connectivity index (χ1n) is 39.1. The Labute approximate surface area is 680 Å². The number of carbonyl (C=O) groups excluding carboxylic acids is 5. The van der Waals surface area contributed by atoms with E-state index in [9.17, 15) is 59.1 Å². The number of β-amino-alcohol motifs (C(OH)–C–C–N with tert-alkyl or cyclic N) is 1. The molecule has 5 amide bonds. The van der Waals surface area contributed by atoms with E-state index in [1.54, 1.807) is 23.5 Å². The third-order valence-electron chi connectivity index (χ3n) is 22.6. The van der Waals surface area contributed by atoms with Crippen LogP contribution in [-0.2, 0) is 43.8 Å². The number of hydrogen-bond acceptors (Lipinski definition) is 21. The van der Waals surface area contributed by atoms with Gasteiger partial charge in [-0.25, -0.2) is 26.5 Å². The fourth-order valence-corrected chi connectivity index (χ4v) is 20.0. The number of rotatable bonds is 28. The molecular weight excluding hydrogens is 1560 g/mol. The number of piperazine rings is 3. The van der Waals surface area contributed by atoms with E-state index in [4.69, 9.17) is 16.3 Å². The highest BCUT2D eigenvalue weighted by atomic mass is 35.5. The highest BCUT2D eigenvalue weighted by Gasteiger charge is 2.49. The number of morpholine rings is 1. The SMILES string of the molecule is Cc1ncsc1-c1ccc([C@H](C)NC(=O)[C@@H]2C[C@@H](O)CN2C(=O)[C@@H](NC(=O)CN2CCN(CC(=O)N3CCN(CC4(C)CCC(c5ccc(Cl)cc5)=C(CN5CCN(c6ccc(C(=O)NS(=O)(=O)c7ccc(NC(CCN8CCOCC8)CSc8ccccc8)c(S(=O)(=O)C(F)(F)F)c7)cc6)CC5)C4)CC3)CC2)C(C)(C)C)cc1. The number of benzene rings is 5. The number of likely N-dealkylation sites (tertiary alicyclic amines) is 1. The molecule has 5 aromatic carbocycles. The van der Waals surface area contributed by atoms with Crippen molar-refractivity contribution in [2.75, 3.05) is 160 Å². The van der Waals surface area contributed by atoms with E-state index < -0.39 is 82.3 Å². The number of aromatic nitrogens is 1. The number of halogens is 4. The van der Waals surface area contributed by atoms with Gasteiger partial charge in [0, 0.05) is 157 Å². The van der Waals surface area contributed by atoms with Gasteiger partial charge in [0.25, 0.3) is 25.8 Å². The number of aliphatic hydroxyl groups excluding tert-OH is 1. The highest BCUT2D eigenvalue weighted by Crippen LogP contribution is 2.45. The Morgan fingerprint density at radius 2 is 1.39 bits per heavy atom. The number of carbonyl (C=O) groups is 5. The minimum Gasteiger partial charge on any atom is -0.391 e. The monoisotopic (exact) mass is 1670 g/mol. The number of aliphatic hydroxyl groups is 1. The van der Waals surface area contributed by atoms with E-state index >= 15 is 0 Å². The lowest BCUT2D eigenvalue weighted by Gasteiger charge is -2.44. The number of hydrogen-bond donors (Lipinski definition) is 5. The van der Waals surface area contributed by atoms with Crippen molar-refractivity contribution in [3.63, 3.8) is 0 Å². The molecule has 2 unspecified atom stereocenters. The lowest BCUT2D eigenvalue weighted by atomic mass is 9.71. The van der Waals surface area contributed by atoms with E-state index in [-0.39, 0.29) is 60.8 Å². The molecule has 0 spiro atoms. The first-order chi connectivity index (χ1) is 54.2. The molecule has 0 bridgehead atoms. The quantitative estimate of drug-likeness (QED) is 0.0286. The second kappa shape index (κ2) is 37.4. The number of allylic oxidation sites excluding steroid dienone is 1. The molecule has 5 saturated heterocycles. The summed E-state index contributed by atoms with van der Waals surface area (Å²) in [4.78, 5) is 90.8. The van der Waals surface area contributed by atoms with Crippen LogP contribution >= 0.6 is 34.7 Å². The summed E-state index contributed by atoms with van der Waals surface area (Å²) in [7, 11) is -11.0. The van der Waals surface area contributed by atoms with E-state index in [0.29, 0.717) is 108 Å². The normalized spacial score (nSPS) is 21.1. The van der Waals surface area contributed by atoms with Gasteiger partial charge in [-0.2, -0.15) is 13.2 Å². The molecule has 5 aliphatic heterocycles. The maximum atomic E-state index is 14.4. The highest BCUT2D eigenvalue weighted by molar-refractivity contribution is 7.99. The molecule has 32 heteroatoms. The van der Waals surface area contributed by atoms with Crippen molar-refractivity contribution in [1.29, 1.82) is 0 Å². The molecule has 5 N–H and O–H groups in total. The van der Waals surface area contributed by atoms with Crippen molar-refractivity contribution < 1.29 is 63.8 Å². The average molecular weight is 1670 g/mol. The molecule has 114 heavy (non-hydrogen) atoms. The minimum absolute atomic E-state index is 0.0329. The maximum Gasteiger partial charge on any atom is 0.501 e. The molecule has 6 atom stereocenters. The van der Waals surface area contributed by atoms with Crippen LogP contribution in [0, 0.1) is 17.8 Å². The number of sulfone groups is 1. The second-order valence-electron chi connectivity index (χ2n) is 32.2. The summed E-state index contributed by atoms with van der Waals surface area (Å²) in [6, 6.07) is 31.3. The summed E-state index contributed by atoms with van der Waals surface area (Å²) in [5.74, 6) is -1.77. The van der Waals surface area contributed by atoms with Crippen molar-refractivity contribution in [3.05, 3.63) is 160 Å². The number of anilines is 2. The molecule has 6 heterocycles. The molecular formula is C82H105ClF3N13O11S4. The predicted octanol–water partition coefficient (Wildman–Crippen LogP) is 9.38. The zero-order valence-corrected chi connectivity index (χ0v) is 69.5. The molecule has 1 aliphatic carbocycles. The number of thioether (sulfide) groups is 1. The number of thiazole rings is 1. The van der Waals surface area contributed by atoms with Crippen LogP contribution in [0.5, 0.6) is 0 Å². The van der Waals surface area contributed by atoms with Crippen LogP contribution in [0.2, 0.25) is 5.02 Å². The second-order valence-corrected chi connectivity index (χ2v) is 38.2. The summed E-state index contributed by atoms with van der Waals surface area (Å²) in [5, 5.41) is 20.6. The molecule has 1 aromatic heterocycles. The van der Waals surface area contributed by atoms with Gasteiger partial charge in [-0.15, -0.1) is 23.1 Å². The maximum absolute atomic E-state index is 14.4. The van der Waals surface area contributed by atoms with Crippen LogP contribution in [0.25, 0.3) is 16.0 Å². The number of nitrogens with one attached hydrogen (secondary N) is 4. The molecule has 24 nitrogen and oxygen atoms in total. The Morgan fingerprint density at radius 3 is 2.04 bits per heavy atom. The Hall–Kier alpha value is -7.53. The van der Waals surface area contributed by atoms with Gasteiger partial charge in [0.1, 0.15) is 17.0 Å². The number of amides is 5. The summed E-state index contributed by atoms with van der Waals surface area (Å²) in [6.07, 6.45) is 2.33. The Balaban J connectivity index is 0.593. The van der Waals surface area contributed by atoms with Gasteiger partial charge >= 0.3 is 5.51 Å². The lowest BCUT2D eigenvalue weighted by molar-refractivity contribution is -0.144. The Morgan fingerprint density at radius 1 is 0.754 bits per heavy atom. The smallest absolute Gasteiger partial charge is 0.391 e. The van der Waals surface area contributed by atoms with Gasteiger partial charge in [-0.3, -0.25) is 48.5 Å². The van der Waals surface area contributed by atoms with Crippen LogP contribution in [0.4, 0.5) is 24.5 Å². The molecule has 0 radical (unpaired) electrons. The summed E-state index contributed by atoms with van der Waals surface area (Å²) < 4.78 is 105. The number of alkyl halides is 3. The topological polar surface area (TPSA) is 270 Å². The van der Waals surface area contributed by atoms with Crippen LogP contribution in [0.15, 0.2) is 147 Å². The Kier molecular flexibility index (Phi) is 28.1. The molecule has 6 aliphatic rings. The van der Waals surface area contributed by atoms with Crippen molar-refractivity contribution in [2.24, 2.45) is 10.8 Å². The predicted molar refractivity (Wildman–Crippen MR) is 438 cm³/mol. The van der Waals surface area contributed by atoms with Crippen molar-refractivity contribution >= 4 is 101 Å². The van der Waals surface area contributed by atoms with Crippen LogP contribution in [-0.4, -0.2) is 270 Å². The first-order valence-corrected chi connectivity index (χ1v) is 44.3. The van der Waals surface area contributed by atoms with E-state index in [1.807, 2.05) is 121 Å². The molecule has 12 rings (SSSR count). The average Bonchev–Trinajstić information content (AvgIpc) is 0.957. The number of aryl methyl sites for hydroxylation is 1. The fraction of sp³-hybridized carbons (Fsp3) is 0.512. The Bertz CT molecular complexity index is 4610. The standard InChI is InChI=1S/C82H105ClF3N13O11S4/c1-56(58-12-14-60(15-13-58)75-57(2)87-55-112-75)88-78(104)71-46-66(100)50-99(71)79(105)76(80(3,4)5)90-73(101)51-94-30-32-95(33-31-94)52-74(102)98-40-36-96(37-41-98)54-81(6)28-26-69(59-16-20-63(83)21-17-59)62(48-81)49-93-34-38-97(39-35-93)65-22-18-61(19-23-65)77(103)91-114(108,109)68-24-25-70(72(47-68)113(106,107)82(84,85)86)89-64(27-29-92-42-44-110-45-43-92)53-111-67-10-8-7-9-11-67/h7-25,47,55-56,64,66,71,76,89,100H,26-46,48-54H2,1-6H3,(H,88,104)(H,90,101)(H,91,103)/t56-,64?,66+,71-,76+,81?/m0/s1. The third-order valence-corrected chi connectivity index (χ3v) is 27.9. The van der Waals surface area contributed by atoms with E-state index in [0.717, 1.165) is 109 Å². The summed E-state index contributed by atoms with van der Waals surface area (Å²) in [6.45, 7) is 24.4. The molecule has 616 valence electrons. The van der Waals surface area contributed by atoms with E-state index in [1.165, 1.54) is 39.9 Å². The summed E-state index contributed by atoms with van der Waals surface area (Å²) >= 11 is 9.41. The lowest BCUT2D eigenvalue weighted by Crippen LogP contribution is -2.59. The number of sulfonamides is 1. The number of ether oxygens (including phenoxy) is 1. The van der Waals surface area contributed by atoms with Crippen molar-refractivity contribution in [2.45, 2.75) is 124 Å². The zero-order valence-electron chi connectivity index (χ0n) is 65.5. The molecule has 6 aromatic rings. The van der Waals surface area contributed by atoms with Gasteiger partial charge in [0.2, 0.25) is 23.6 Å². The van der Waals surface area contributed by atoms with Crippen LogP contribution < -0.4 is 25.6 Å². The third kappa shape index (κ3) is 22.0. The largest absolute Gasteiger partial charge is 0.501 e.